The van der Waals surface area contributed by atoms with Crippen LogP contribution in [0.3, 0.4) is 0 Å². The molecule has 10 heteroatoms. The van der Waals surface area contributed by atoms with Gasteiger partial charge in [0.15, 0.2) is 0 Å². The normalized spacial score (nSPS) is 27.3. The number of piperazine rings is 1. The summed E-state index contributed by atoms with van der Waals surface area (Å²) < 4.78 is 48.7. The van der Waals surface area contributed by atoms with Crippen molar-refractivity contribution >= 4 is 26.0 Å². The highest BCUT2D eigenvalue weighted by atomic mass is 32.2. The number of hydrogen-bond donors (Lipinski definition) is 1. The molecule has 1 fully saturated rings. The molecule has 0 aromatic rings. The van der Waals surface area contributed by atoms with Crippen molar-refractivity contribution in [1.29, 1.82) is 0 Å². The second kappa shape index (κ2) is 5.35. The zero-order valence-corrected chi connectivity index (χ0v) is 12.6. The number of sulfonamides is 2. The Morgan fingerprint density at radius 1 is 1.11 bits per heavy atom. The lowest BCUT2D eigenvalue weighted by Crippen LogP contribution is -2.61. The molecule has 1 N–H and O–H groups in total. The summed E-state index contributed by atoms with van der Waals surface area (Å²) in [6.45, 7) is 1.52. The Bertz CT molecular complexity index is 555. The van der Waals surface area contributed by atoms with Crippen LogP contribution in [0.15, 0.2) is 0 Å². The Kier molecular flexibility index (Phi) is 4.60. The molecule has 0 unspecified atom stereocenters. The molecule has 0 amide bonds. The quantitative estimate of drug-likeness (QED) is 0.694. The molecule has 0 spiro atoms. The van der Waals surface area contributed by atoms with Crippen LogP contribution in [0.4, 0.5) is 0 Å². The van der Waals surface area contributed by atoms with E-state index in [4.69, 9.17) is 5.11 Å². The van der Waals surface area contributed by atoms with Crippen molar-refractivity contribution in [2.75, 3.05) is 25.6 Å². The van der Waals surface area contributed by atoms with Gasteiger partial charge in [-0.3, -0.25) is 4.79 Å². The average molecular weight is 314 g/mol. The van der Waals surface area contributed by atoms with Crippen LogP contribution in [-0.2, 0) is 24.8 Å². The highest BCUT2D eigenvalue weighted by molar-refractivity contribution is 7.88. The Balaban J connectivity index is 3.14. The molecule has 0 radical (unpaired) electrons. The van der Waals surface area contributed by atoms with E-state index < -0.39 is 44.5 Å². The fourth-order valence-corrected chi connectivity index (χ4v) is 4.64. The van der Waals surface area contributed by atoms with Crippen molar-refractivity contribution in [2.24, 2.45) is 0 Å². The third-order valence-electron chi connectivity index (χ3n) is 3.16. The number of carboxylic acid groups (broad SMARTS) is 1. The zero-order valence-electron chi connectivity index (χ0n) is 11.0. The lowest BCUT2D eigenvalue weighted by Gasteiger charge is -2.43. The van der Waals surface area contributed by atoms with Crippen LogP contribution < -0.4 is 0 Å². The van der Waals surface area contributed by atoms with E-state index in [2.05, 4.69) is 0 Å². The van der Waals surface area contributed by atoms with E-state index in [1.165, 1.54) is 6.92 Å². The van der Waals surface area contributed by atoms with Gasteiger partial charge in [0.2, 0.25) is 20.0 Å². The molecular weight excluding hydrogens is 296 g/mol. The third-order valence-corrected chi connectivity index (χ3v) is 5.83. The van der Waals surface area contributed by atoms with Gasteiger partial charge in [0, 0.05) is 19.1 Å². The van der Waals surface area contributed by atoms with E-state index in [-0.39, 0.29) is 13.1 Å². The Labute approximate surface area is 113 Å². The smallest absolute Gasteiger partial charge is 0.305 e. The van der Waals surface area contributed by atoms with Gasteiger partial charge in [0.1, 0.15) is 0 Å². The average Bonchev–Trinajstić information content (AvgIpc) is 2.16. The topological polar surface area (TPSA) is 112 Å². The van der Waals surface area contributed by atoms with Gasteiger partial charge in [-0.05, 0) is 6.92 Å². The summed E-state index contributed by atoms with van der Waals surface area (Å²) in [5.41, 5.74) is 0. The van der Waals surface area contributed by atoms with Crippen LogP contribution in [0.1, 0.15) is 13.3 Å². The predicted molar refractivity (Wildman–Crippen MR) is 68.6 cm³/mol. The lowest BCUT2D eigenvalue weighted by atomic mass is 10.0. The van der Waals surface area contributed by atoms with Crippen molar-refractivity contribution < 1.29 is 26.7 Å². The summed E-state index contributed by atoms with van der Waals surface area (Å²) in [4.78, 5) is 10.9. The van der Waals surface area contributed by atoms with Gasteiger partial charge >= 0.3 is 5.97 Å². The van der Waals surface area contributed by atoms with Gasteiger partial charge in [-0.1, -0.05) is 0 Å². The minimum Gasteiger partial charge on any atom is -0.481 e. The SMILES string of the molecule is C[C@H]1[C@@H](CC(=O)O)N(S(C)(=O)=O)CCN1S(C)(=O)=O. The van der Waals surface area contributed by atoms with Crippen LogP contribution in [-0.4, -0.2) is 74.2 Å². The summed E-state index contributed by atoms with van der Waals surface area (Å²) in [6.07, 6.45) is 1.59. The molecule has 1 rings (SSSR count). The molecule has 2 atom stereocenters. The number of carbonyl (C=O) groups is 1. The largest absolute Gasteiger partial charge is 0.481 e. The molecule has 0 aromatic carbocycles. The number of aliphatic carboxylic acids is 1. The van der Waals surface area contributed by atoms with E-state index in [0.717, 1.165) is 21.1 Å². The highest BCUT2D eigenvalue weighted by Crippen LogP contribution is 2.24. The van der Waals surface area contributed by atoms with Crippen LogP contribution in [0.2, 0.25) is 0 Å². The molecule has 1 aliphatic rings. The maximum Gasteiger partial charge on any atom is 0.305 e. The molecule has 1 aliphatic heterocycles. The standard InChI is InChI=1S/C9H18N2O6S2/c1-7-8(6-9(12)13)11(19(3,16)17)5-4-10(7)18(2,14)15/h7-8H,4-6H2,1-3H3,(H,12,13)/t7-,8+/m0/s1. The van der Waals surface area contributed by atoms with E-state index in [1.54, 1.807) is 0 Å². The maximum atomic E-state index is 11.6. The van der Waals surface area contributed by atoms with Gasteiger partial charge in [-0.15, -0.1) is 0 Å². The second-order valence-electron chi connectivity index (χ2n) is 4.65. The lowest BCUT2D eigenvalue weighted by molar-refractivity contribution is -0.138. The number of rotatable bonds is 4. The molecular formula is C9H18N2O6S2. The number of nitrogens with zero attached hydrogens (tertiary/aromatic N) is 2. The van der Waals surface area contributed by atoms with Crippen LogP contribution in [0.5, 0.6) is 0 Å². The third kappa shape index (κ3) is 3.88. The van der Waals surface area contributed by atoms with Crippen molar-refractivity contribution in [1.82, 2.24) is 8.61 Å². The minimum absolute atomic E-state index is 0.0309. The summed E-state index contributed by atoms with van der Waals surface area (Å²) in [7, 11) is -7.07. The van der Waals surface area contributed by atoms with Crippen LogP contribution >= 0.6 is 0 Å². The van der Waals surface area contributed by atoms with Crippen LogP contribution in [0.25, 0.3) is 0 Å². The van der Waals surface area contributed by atoms with E-state index >= 15 is 0 Å². The molecule has 0 aliphatic carbocycles. The molecule has 19 heavy (non-hydrogen) atoms. The summed E-state index contributed by atoms with van der Waals surface area (Å²) in [5.74, 6) is -1.17. The number of carboxylic acids is 1. The first-order valence-corrected chi connectivity index (χ1v) is 9.29. The van der Waals surface area contributed by atoms with E-state index in [0.29, 0.717) is 0 Å². The molecule has 1 saturated heterocycles. The Hall–Kier alpha value is -0.710. The Morgan fingerprint density at radius 2 is 1.53 bits per heavy atom. The van der Waals surface area contributed by atoms with Gasteiger partial charge < -0.3 is 5.11 Å². The van der Waals surface area contributed by atoms with Gasteiger partial charge in [0.25, 0.3) is 0 Å². The first-order chi connectivity index (χ1) is 8.44. The van der Waals surface area contributed by atoms with Crippen LogP contribution in [0, 0.1) is 0 Å². The molecule has 1 heterocycles. The monoisotopic (exact) mass is 314 g/mol. The zero-order chi connectivity index (χ0) is 15.0. The molecule has 0 aromatic heterocycles. The first kappa shape index (κ1) is 16.3. The van der Waals surface area contributed by atoms with E-state index in [1.807, 2.05) is 0 Å². The second-order valence-corrected chi connectivity index (χ2v) is 8.52. The summed E-state index contributed by atoms with van der Waals surface area (Å²) in [6, 6.07) is -1.61. The fourth-order valence-electron chi connectivity index (χ4n) is 2.33. The molecule has 8 nitrogen and oxygen atoms in total. The van der Waals surface area contributed by atoms with Crippen molar-refractivity contribution in [3.8, 4) is 0 Å². The maximum absolute atomic E-state index is 11.6. The molecule has 112 valence electrons. The van der Waals surface area contributed by atoms with Gasteiger partial charge in [0.05, 0.1) is 25.0 Å². The van der Waals surface area contributed by atoms with E-state index in [9.17, 15) is 21.6 Å². The summed E-state index contributed by atoms with van der Waals surface area (Å²) in [5, 5.41) is 8.87. The van der Waals surface area contributed by atoms with Gasteiger partial charge in [-0.25, -0.2) is 16.8 Å². The Morgan fingerprint density at radius 3 is 1.89 bits per heavy atom. The van der Waals surface area contributed by atoms with Crippen molar-refractivity contribution in [3.63, 3.8) is 0 Å². The number of hydrogen-bond acceptors (Lipinski definition) is 5. The minimum atomic E-state index is -3.57. The molecule has 0 bridgehead atoms. The van der Waals surface area contributed by atoms with Crippen molar-refractivity contribution in [3.05, 3.63) is 0 Å². The fraction of sp³-hybridized carbons (Fsp3) is 0.889. The molecule has 0 saturated carbocycles. The summed E-state index contributed by atoms with van der Waals surface area (Å²) >= 11 is 0. The predicted octanol–water partition coefficient (Wildman–Crippen LogP) is -1.24. The van der Waals surface area contributed by atoms with Gasteiger partial charge in [-0.2, -0.15) is 8.61 Å². The highest BCUT2D eigenvalue weighted by Gasteiger charge is 2.42. The first-order valence-electron chi connectivity index (χ1n) is 5.60. The van der Waals surface area contributed by atoms with Crippen molar-refractivity contribution in [2.45, 2.75) is 25.4 Å².